The van der Waals surface area contributed by atoms with Crippen LogP contribution in [0.5, 0.6) is 5.75 Å². The number of amides is 2. The van der Waals surface area contributed by atoms with Crippen LogP contribution in [0.3, 0.4) is 0 Å². The molecule has 0 bridgehead atoms. The lowest BCUT2D eigenvalue weighted by molar-refractivity contribution is -0.137. The van der Waals surface area contributed by atoms with Gasteiger partial charge in [-0.05, 0) is 69.3 Å². The molecule has 32 heavy (non-hydrogen) atoms. The Morgan fingerprint density at radius 2 is 1.84 bits per heavy atom. The molecule has 1 aliphatic rings. The first kappa shape index (κ1) is 23.6. The Kier molecular flexibility index (Phi) is 7.40. The second kappa shape index (κ2) is 10.0. The quantitative estimate of drug-likeness (QED) is 0.609. The molecular weight excluding hydrogens is 423 g/mol. The van der Waals surface area contributed by atoms with Crippen LogP contribution in [0.15, 0.2) is 48.5 Å². The maximum Gasteiger partial charge on any atom is 0.416 e. The molecule has 1 saturated carbocycles. The number of likely N-dealkylation sites (N-methyl/N-ethyl adjacent to an activating group) is 1. The van der Waals surface area contributed by atoms with E-state index in [2.05, 4.69) is 29.5 Å². The van der Waals surface area contributed by atoms with Gasteiger partial charge >= 0.3 is 6.18 Å². The minimum Gasteiger partial charge on any atom is -0.484 e. The Morgan fingerprint density at radius 1 is 1.16 bits per heavy atom. The van der Waals surface area contributed by atoms with Crippen molar-refractivity contribution in [1.29, 1.82) is 0 Å². The summed E-state index contributed by atoms with van der Waals surface area (Å²) in [7, 11) is 2.06. The van der Waals surface area contributed by atoms with Crippen LogP contribution in [0.4, 0.5) is 18.9 Å². The van der Waals surface area contributed by atoms with E-state index in [4.69, 9.17) is 4.74 Å². The van der Waals surface area contributed by atoms with Gasteiger partial charge in [0.1, 0.15) is 5.75 Å². The summed E-state index contributed by atoms with van der Waals surface area (Å²) in [5.41, 5.74) is -0.354. The van der Waals surface area contributed by atoms with Gasteiger partial charge in [-0.2, -0.15) is 13.2 Å². The highest BCUT2D eigenvalue weighted by Crippen LogP contribution is 2.30. The van der Waals surface area contributed by atoms with Gasteiger partial charge in [0, 0.05) is 29.9 Å². The second-order valence-electron chi connectivity index (χ2n) is 7.90. The van der Waals surface area contributed by atoms with E-state index in [1.807, 2.05) is 0 Å². The van der Waals surface area contributed by atoms with E-state index in [1.165, 1.54) is 25.0 Å². The van der Waals surface area contributed by atoms with Crippen molar-refractivity contribution in [1.82, 2.24) is 10.2 Å². The third-order valence-corrected chi connectivity index (χ3v) is 5.34. The van der Waals surface area contributed by atoms with E-state index in [0.29, 0.717) is 23.9 Å². The van der Waals surface area contributed by atoms with Gasteiger partial charge in [0.25, 0.3) is 11.8 Å². The average molecular weight is 449 g/mol. The molecule has 172 valence electrons. The molecule has 0 heterocycles. The molecule has 2 N–H and O–H groups in total. The number of hydrogen-bond donors (Lipinski definition) is 2. The topological polar surface area (TPSA) is 70.7 Å². The SMILES string of the molecule is CC(CNC(=O)c1ccc(OCC(=O)Nc2cccc(C(F)(F)F)c2)cc1)N(C)C1CC1. The highest BCUT2D eigenvalue weighted by Gasteiger charge is 2.30. The van der Waals surface area contributed by atoms with E-state index in [0.717, 1.165) is 12.1 Å². The van der Waals surface area contributed by atoms with Gasteiger partial charge in [-0.25, -0.2) is 0 Å². The first-order chi connectivity index (χ1) is 15.1. The van der Waals surface area contributed by atoms with Gasteiger partial charge in [-0.3, -0.25) is 14.5 Å². The molecular formula is C23H26F3N3O3. The van der Waals surface area contributed by atoms with Crippen LogP contribution in [-0.4, -0.2) is 49.0 Å². The third-order valence-electron chi connectivity index (χ3n) is 5.34. The number of carbonyl (C=O) groups is 2. The Morgan fingerprint density at radius 3 is 2.47 bits per heavy atom. The first-order valence-electron chi connectivity index (χ1n) is 10.3. The summed E-state index contributed by atoms with van der Waals surface area (Å²) in [4.78, 5) is 26.6. The monoisotopic (exact) mass is 449 g/mol. The van der Waals surface area contributed by atoms with E-state index < -0.39 is 17.6 Å². The fraction of sp³-hybridized carbons (Fsp3) is 0.391. The van der Waals surface area contributed by atoms with Crippen LogP contribution in [0, 0.1) is 0 Å². The van der Waals surface area contributed by atoms with Crippen LogP contribution >= 0.6 is 0 Å². The summed E-state index contributed by atoms with van der Waals surface area (Å²) in [6.45, 7) is 2.23. The Balaban J connectivity index is 1.45. The largest absolute Gasteiger partial charge is 0.484 e. The van der Waals surface area contributed by atoms with Crippen molar-refractivity contribution < 1.29 is 27.5 Å². The van der Waals surface area contributed by atoms with Gasteiger partial charge in [0.05, 0.1) is 5.56 Å². The van der Waals surface area contributed by atoms with Crippen molar-refractivity contribution in [2.45, 2.75) is 38.0 Å². The van der Waals surface area contributed by atoms with Crippen molar-refractivity contribution >= 4 is 17.5 Å². The number of alkyl halides is 3. The van der Waals surface area contributed by atoms with Gasteiger partial charge in [-0.15, -0.1) is 0 Å². The molecule has 0 aromatic heterocycles. The number of nitrogens with one attached hydrogen (secondary N) is 2. The summed E-state index contributed by atoms with van der Waals surface area (Å²) in [5, 5.41) is 5.28. The molecule has 3 rings (SSSR count). The number of anilines is 1. The molecule has 0 spiro atoms. The number of hydrogen-bond acceptors (Lipinski definition) is 4. The zero-order valence-corrected chi connectivity index (χ0v) is 17.9. The molecule has 1 atom stereocenters. The van der Waals surface area contributed by atoms with E-state index in [-0.39, 0.29) is 24.2 Å². The second-order valence-corrected chi connectivity index (χ2v) is 7.90. The molecule has 1 aliphatic carbocycles. The third kappa shape index (κ3) is 6.71. The van der Waals surface area contributed by atoms with Crippen LogP contribution in [0.2, 0.25) is 0 Å². The molecule has 0 aliphatic heterocycles. The maximum atomic E-state index is 12.8. The molecule has 2 amide bonds. The van der Waals surface area contributed by atoms with Gasteiger partial charge in [0.2, 0.25) is 0 Å². The van der Waals surface area contributed by atoms with Gasteiger partial charge in [-0.1, -0.05) is 6.07 Å². The predicted molar refractivity (Wildman–Crippen MR) is 115 cm³/mol. The summed E-state index contributed by atoms with van der Waals surface area (Å²) in [6, 6.07) is 11.5. The van der Waals surface area contributed by atoms with E-state index in [1.54, 1.807) is 24.3 Å². The van der Waals surface area contributed by atoms with Crippen molar-refractivity contribution in [3.63, 3.8) is 0 Å². The number of halogens is 3. The molecule has 1 fully saturated rings. The zero-order chi connectivity index (χ0) is 23.3. The van der Waals surface area contributed by atoms with Crippen LogP contribution < -0.4 is 15.4 Å². The van der Waals surface area contributed by atoms with Crippen molar-refractivity contribution in [3.05, 3.63) is 59.7 Å². The number of rotatable bonds is 9. The van der Waals surface area contributed by atoms with Crippen molar-refractivity contribution in [2.24, 2.45) is 0 Å². The first-order valence-corrected chi connectivity index (χ1v) is 10.3. The Labute approximate surface area is 184 Å². The standard InChI is InChI=1S/C23H26F3N3O3/c1-15(29(2)19-8-9-19)13-27-22(31)16-6-10-20(11-7-16)32-14-21(30)28-18-5-3-4-17(12-18)23(24,25)26/h3-7,10-12,15,19H,8-9,13-14H2,1-2H3,(H,27,31)(H,28,30). The Bertz CT molecular complexity index is 943. The van der Waals surface area contributed by atoms with E-state index in [9.17, 15) is 22.8 Å². The molecule has 9 heteroatoms. The highest BCUT2D eigenvalue weighted by molar-refractivity contribution is 5.94. The lowest BCUT2D eigenvalue weighted by Crippen LogP contribution is -2.41. The molecule has 1 unspecified atom stereocenters. The average Bonchev–Trinajstić information content (AvgIpc) is 3.60. The van der Waals surface area contributed by atoms with Crippen molar-refractivity contribution in [3.8, 4) is 5.75 Å². The lowest BCUT2D eigenvalue weighted by Gasteiger charge is -2.24. The fourth-order valence-electron chi connectivity index (χ4n) is 3.15. The highest BCUT2D eigenvalue weighted by atomic mass is 19.4. The minimum atomic E-state index is -4.49. The predicted octanol–water partition coefficient (Wildman–Crippen LogP) is 3.94. The zero-order valence-electron chi connectivity index (χ0n) is 17.9. The van der Waals surface area contributed by atoms with Gasteiger partial charge in [0.15, 0.2) is 6.61 Å². The molecule has 0 saturated heterocycles. The minimum absolute atomic E-state index is 0.0296. The number of carbonyl (C=O) groups excluding carboxylic acids is 2. The fourth-order valence-corrected chi connectivity index (χ4v) is 3.15. The van der Waals surface area contributed by atoms with Crippen LogP contribution in [-0.2, 0) is 11.0 Å². The number of nitrogens with zero attached hydrogens (tertiary/aromatic N) is 1. The summed E-state index contributed by atoms with van der Waals surface area (Å²) >= 11 is 0. The maximum absolute atomic E-state index is 12.8. The molecule has 0 radical (unpaired) electrons. The summed E-state index contributed by atoms with van der Waals surface area (Å²) < 4.78 is 43.6. The number of ether oxygens (including phenoxy) is 1. The molecule has 2 aromatic rings. The van der Waals surface area contributed by atoms with Crippen LogP contribution in [0.1, 0.15) is 35.7 Å². The lowest BCUT2D eigenvalue weighted by atomic mass is 10.2. The van der Waals surface area contributed by atoms with Gasteiger partial charge < -0.3 is 15.4 Å². The molecule has 6 nitrogen and oxygen atoms in total. The molecule has 2 aromatic carbocycles. The summed E-state index contributed by atoms with van der Waals surface area (Å²) in [5.74, 6) is -0.433. The van der Waals surface area contributed by atoms with E-state index >= 15 is 0 Å². The summed E-state index contributed by atoms with van der Waals surface area (Å²) in [6.07, 6.45) is -2.08. The van der Waals surface area contributed by atoms with Crippen molar-refractivity contribution in [2.75, 3.05) is 25.5 Å². The number of benzene rings is 2. The normalized spacial score (nSPS) is 14.7. The Hall–Kier alpha value is -3.07. The van der Waals surface area contributed by atoms with Crippen LogP contribution in [0.25, 0.3) is 0 Å². The smallest absolute Gasteiger partial charge is 0.416 e.